The molecule has 1 aromatic heterocycles. The normalized spacial score (nSPS) is 11.2. The molecule has 0 aliphatic heterocycles. The van der Waals surface area contributed by atoms with Crippen LogP contribution in [0.25, 0.3) is 89.1 Å². The van der Waals surface area contributed by atoms with Crippen LogP contribution in [0.15, 0.2) is 188 Å². The molecule has 0 fully saturated rings. The van der Waals surface area contributed by atoms with E-state index in [-0.39, 0.29) is 0 Å². The maximum atomic E-state index is 5.12. The van der Waals surface area contributed by atoms with Gasteiger partial charge in [0.2, 0.25) is 0 Å². The van der Waals surface area contributed by atoms with Crippen molar-refractivity contribution in [1.29, 1.82) is 0 Å². The highest BCUT2D eigenvalue weighted by atomic mass is 15.0. The molecule has 3 nitrogen and oxygen atoms in total. The molecule has 9 aromatic rings. The number of nitrogens with zero attached hydrogens (tertiary/aromatic N) is 3. The fourth-order valence-electron chi connectivity index (χ4n) is 6.79. The van der Waals surface area contributed by atoms with E-state index in [1.165, 1.54) is 33.0 Å². The molecule has 3 heteroatoms. The summed E-state index contributed by atoms with van der Waals surface area (Å²) in [6, 6.07) is 66.0. The molecule has 1 heterocycles. The number of fused-ring (bicyclic) bond motifs is 2. The van der Waals surface area contributed by atoms with Crippen LogP contribution in [0.5, 0.6) is 0 Å². The van der Waals surface area contributed by atoms with Crippen LogP contribution in [0.3, 0.4) is 0 Å². The monoisotopic (exact) mass is 637 g/mol. The Morgan fingerprint density at radius 3 is 1.62 bits per heavy atom. The van der Waals surface area contributed by atoms with Gasteiger partial charge in [-0.1, -0.05) is 170 Å². The van der Waals surface area contributed by atoms with Crippen molar-refractivity contribution in [2.24, 2.45) is 0 Å². The second-order valence-electron chi connectivity index (χ2n) is 12.5. The number of hydrogen-bond donors (Lipinski definition) is 0. The third-order valence-electron chi connectivity index (χ3n) is 9.32. The minimum atomic E-state index is 0.637. The van der Waals surface area contributed by atoms with Crippen molar-refractivity contribution in [3.63, 3.8) is 0 Å². The summed E-state index contributed by atoms with van der Waals surface area (Å²) in [5.41, 5.74) is 9.82. The van der Waals surface area contributed by atoms with Crippen LogP contribution in [-0.4, -0.2) is 15.0 Å². The molecule has 0 amide bonds. The summed E-state index contributed by atoms with van der Waals surface area (Å²) in [5, 5.41) is 4.73. The second-order valence-corrected chi connectivity index (χ2v) is 12.5. The highest BCUT2D eigenvalue weighted by Gasteiger charge is 2.16. The Balaban J connectivity index is 1.19. The van der Waals surface area contributed by atoms with Gasteiger partial charge in [-0.25, -0.2) is 15.0 Å². The molecule has 0 radical (unpaired) electrons. The predicted octanol–water partition coefficient (Wildman–Crippen LogP) is 12.2. The lowest BCUT2D eigenvalue weighted by atomic mass is 9.90. The first kappa shape index (κ1) is 29.4. The zero-order chi connectivity index (χ0) is 33.3. The lowest BCUT2D eigenvalue weighted by Crippen LogP contribution is -2.00. The van der Waals surface area contributed by atoms with Crippen molar-refractivity contribution in [2.75, 3.05) is 0 Å². The fourth-order valence-corrected chi connectivity index (χ4v) is 6.79. The van der Waals surface area contributed by atoms with E-state index < -0.39 is 0 Å². The van der Waals surface area contributed by atoms with Gasteiger partial charge in [-0.3, -0.25) is 0 Å². The summed E-state index contributed by atoms with van der Waals surface area (Å²) >= 11 is 0. The van der Waals surface area contributed by atoms with Crippen LogP contribution in [0, 0.1) is 0 Å². The van der Waals surface area contributed by atoms with E-state index in [9.17, 15) is 0 Å². The molecular formula is C47H31N3. The van der Waals surface area contributed by atoms with Crippen molar-refractivity contribution in [2.45, 2.75) is 0 Å². The Labute approximate surface area is 291 Å². The smallest absolute Gasteiger partial charge is 0.164 e. The topological polar surface area (TPSA) is 38.7 Å². The number of hydrogen-bond acceptors (Lipinski definition) is 3. The second kappa shape index (κ2) is 12.7. The van der Waals surface area contributed by atoms with E-state index >= 15 is 0 Å². The molecule has 9 rings (SSSR count). The van der Waals surface area contributed by atoms with Gasteiger partial charge in [-0.2, -0.15) is 0 Å². The zero-order valence-corrected chi connectivity index (χ0v) is 27.2. The van der Waals surface area contributed by atoms with Crippen LogP contribution in [-0.2, 0) is 0 Å². The number of benzene rings is 8. The van der Waals surface area contributed by atoms with Crippen LogP contribution in [0.2, 0.25) is 0 Å². The average Bonchev–Trinajstić information content (AvgIpc) is 3.21. The van der Waals surface area contributed by atoms with E-state index in [4.69, 9.17) is 15.0 Å². The molecule has 0 saturated carbocycles. The molecule has 50 heavy (non-hydrogen) atoms. The van der Waals surface area contributed by atoms with Crippen LogP contribution in [0.4, 0.5) is 0 Å². The largest absolute Gasteiger partial charge is 0.208 e. The quantitative estimate of drug-likeness (QED) is 0.182. The van der Waals surface area contributed by atoms with Gasteiger partial charge in [0.1, 0.15) is 0 Å². The van der Waals surface area contributed by atoms with Crippen molar-refractivity contribution in [3.8, 4) is 67.5 Å². The molecule has 0 atom stereocenters. The number of aromatic nitrogens is 3. The van der Waals surface area contributed by atoms with E-state index in [2.05, 4.69) is 158 Å². The zero-order valence-electron chi connectivity index (χ0n) is 27.2. The molecule has 8 aromatic carbocycles. The molecule has 0 unspecified atom stereocenters. The third-order valence-corrected chi connectivity index (χ3v) is 9.32. The summed E-state index contributed by atoms with van der Waals surface area (Å²) < 4.78 is 0. The van der Waals surface area contributed by atoms with Crippen molar-refractivity contribution < 1.29 is 0 Å². The first-order valence-corrected chi connectivity index (χ1v) is 16.9. The standard InChI is InChI=1S/C47H31N3/c1-3-14-34(15-4-1)44-31-38(37-26-25-32-13-7-8-19-36(32)29-37)27-28-42(44)39-21-11-22-40(30-39)46-48-45(35-17-5-2-6-18-35)49-47(50-46)43-24-12-20-33-16-9-10-23-41(33)43/h1-31H. The van der Waals surface area contributed by atoms with Crippen molar-refractivity contribution in [3.05, 3.63) is 188 Å². The van der Waals surface area contributed by atoms with E-state index in [1.54, 1.807) is 0 Å². The summed E-state index contributed by atoms with van der Waals surface area (Å²) in [6.45, 7) is 0. The summed E-state index contributed by atoms with van der Waals surface area (Å²) in [6.07, 6.45) is 0. The Morgan fingerprint density at radius 2 is 0.800 bits per heavy atom. The lowest BCUT2D eigenvalue weighted by Gasteiger charge is -2.15. The average molecular weight is 638 g/mol. The van der Waals surface area contributed by atoms with Gasteiger partial charge in [-0.05, 0) is 73.1 Å². The maximum absolute atomic E-state index is 5.12. The molecule has 0 N–H and O–H groups in total. The van der Waals surface area contributed by atoms with Gasteiger partial charge in [0.05, 0.1) is 0 Å². The minimum Gasteiger partial charge on any atom is -0.208 e. The van der Waals surface area contributed by atoms with Crippen molar-refractivity contribution in [1.82, 2.24) is 15.0 Å². The Kier molecular flexibility index (Phi) is 7.49. The summed E-state index contributed by atoms with van der Waals surface area (Å²) in [7, 11) is 0. The Hall–Kier alpha value is -6.71. The first-order valence-electron chi connectivity index (χ1n) is 16.9. The highest BCUT2D eigenvalue weighted by Crippen LogP contribution is 2.38. The molecule has 0 spiro atoms. The third kappa shape index (κ3) is 5.61. The summed E-state index contributed by atoms with van der Waals surface area (Å²) in [5.74, 6) is 1.94. The van der Waals surface area contributed by atoms with Gasteiger partial charge in [-0.15, -0.1) is 0 Å². The Morgan fingerprint density at radius 1 is 0.240 bits per heavy atom. The van der Waals surface area contributed by atoms with Crippen molar-refractivity contribution >= 4 is 21.5 Å². The Bertz CT molecular complexity index is 2640. The molecule has 0 aliphatic carbocycles. The van der Waals surface area contributed by atoms with E-state index in [0.29, 0.717) is 17.5 Å². The SMILES string of the molecule is c1ccc(-c2nc(-c3cccc(-c4ccc(-c5ccc6ccccc6c5)cc4-c4ccccc4)c3)nc(-c3cccc4ccccc34)n2)cc1. The van der Waals surface area contributed by atoms with Crippen LogP contribution in [0.1, 0.15) is 0 Å². The van der Waals surface area contributed by atoms with Gasteiger partial charge in [0, 0.05) is 16.7 Å². The van der Waals surface area contributed by atoms with Gasteiger partial charge < -0.3 is 0 Å². The predicted molar refractivity (Wildman–Crippen MR) is 207 cm³/mol. The molecule has 234 valence electrons. The fraction of sp³-hybridized carbons (Fsp3) is 0. The molecule has 0 bridgehead atoms. The first-order chi connectivity index (χ1) is 24.8. The maximum Gasteiger partial charge on any atom is 0.164 e. The van der Waals surface area contributed by atoms with Crippen LogP contribution < -0.4 is 0 Å². The van der Waals surface area contributed by atoms with Crippen LogP contribution >= 0.6 is 0 Å². The van der Waals surface area contributed by atoms with Gasteiger partial charge in [0.25, 0.3) is 0 Å². The van der Waals surface area contributed by atoms with E-state index in [1.807, 2.05) is 30.3 Å². The minimum absolute atomic E-state index is 0.637. The van der Waals surface area contributed by atoms with E-state index in [0.717, 1.165) is 38.6 Å². The lowest BCUT2D eigenvalue weighted by molar-refractivity contribution is 1.08. The molecule has 0 saturated heterocycles. The van der Waals surface area contributed by atoms with Gasteiger partial charge >= 0.3 is 0 Å². The number of rotatable bonds is 6. The van der Waals surface area contributed by atoms with Gasteiger partial charge in [0.15, 0.2) is 17.5 Å². The summed E-state index contributed by atoms with van der Waals surface area (Å²) in [4.78, 5) is 15.2. The highest BCUT2D eigenvalue weighted by molar-refractivity contribution is 5.96. The molecular weight excluding hydrogens is 607 g/mol. The molecule has 0 aliphatic rings.